The van der Waals surface area contributed by atoms with E-state index in [1.807, 2.05) is 42.5 Å². The van der Waals surface area contributed by atoms with Crippen molar-refractivity contribution in [2.75, 3.05) is 7.11 Å². The van der Waals surface area contributed by atoms with Crippen LogP contribution in [0.5, 0.6) is 11.5 Å². The third kappa shape index (κ3) is 4.66. The summed E-state index contributed by atoms with van der Waals surface area (Å²) in [5, 5.41) is 22.2. The number of nitro benzene ring substituents is 1. The lowest BCUT2D eigenvalue weighted by Gasteiger charge is -2.14. The minimum absolute atomic E-state index is 0.168. The number of hydrogen-bond acceptors (Lipinski definition) is 7. The highest BCUT2D eigenvalue weighted by atomic mass is 16.6. The molecule has 0 fully saturated rings. The van der Waals surface area contributed by atoms with E-state index in [1.54, 1.807) is 24.3 Å². The quantitative estimate of drug-likeness (QED) is 0.214. The van der Waals surface area contributed by atoms with Crippen LogP contribution in [-0.2, 0) is 6.61 Å². The van der Waals surface area contributed by atoms with Crippen molar-refractivity contribution in [1.29, 1.82) is 5.26 Å². The van der Waals surface area contributed by atoms with Crippen molar-refractivity contribution >= 4 is 16.6 Å². The van der Waals surface area contributed by atoms with E-state index in [1.165, 1.54) is 42.1 Å². The number of pyridine rings is 2. The number of fused-ring (bicyclic) bond motifs is 1. The second-order valence-corrected chi connectivity index (χ2v) is 8.31. The Morgan fingerprint density at radius 2 is 1.87 bits per heavy atom. The van der Waals surface area contributed by atoms with Crippen molar-refractivity contribution in [2.24, 2.45) is 0 Å². The Kier molecular flexibility index (Phi) is 6.53. The largest absolute Gasteiger partial charge is 0.495 e. The van der Waals surface area contributed by atoms with E-state index in [0.29, 0.717) is 22.7 Å². The van der Waals surface area contributed by atoms with Gasteiger partial charge in [-0.05, 0) is 42.0 Å². The molecule has 9 heteroatoms. The molecular formula is C29H20N4O5. The summed E-state index contributed by atoms with van der Waals surface area (Å²) in [6.07, 6.45) is 1.51. The number of benzene rings is 3. The molecule has 3 aromatic carbocycles. The smallest absolute Gasteiger partial charge is 0.279 e. The van der Waals surface area contributed by atoms with Crippen molar-refractivity contribution in [1.82, 2.24) is 9.55 Å². The lowest BCUT2D eigenvalue weighted by atomic mass is 9.99. The number of aromatic nitrogens is 2. The maximum Gasteiger partial charge on any atom is 0.279 e. The van der Waals surface area contributed by atoms with Gasteiger partial charge in [-0.2, -0.15) is 5.26 Å². The van der Waals surface area contributed by atoms with Crippen LogP contribution in [0.15, 0.2) is 95.9 Å². The molecule has 5 aromatic rings. The summed E-state index contributed by atoms with van der Waals surface area (Å²) in [5.74, 6) is 0.612. The molecule has 0 amide bonds. The molecule has 0 spiro atoms. The molecule has 0 saturated heterocycles. The summed E-state index contributed by atoms with van der Waals surface area (Å²) >= 11 is 0. The summed E-state index contributed by atoms with van der Waals surface area (Å²) in [5.41, 5.74) is 2.18. The van der Waals surface area contributed by atoms with Crippen molar-refractivity contribution in [3.05, 3.63) is 123 Å². The fourth-order valence-electron chi connectivity index (χ4n) is 4.21. The normalized spacial score (nSPS) is 10.6. The average molecular weight is 505 g/mol. The van der Waals surface area contributed by atoms with Crippen molar-refractivity contribution < 1.29 is 14.4 Å². The number of ether oxygens (including phenoxy) is 2. The number of hydrogen-bond donors (Lipinski definition) is 0. The number of nitriles is 1. The second kappa shape index (κ2) is 10.2. The van der Waals surface area contributed by atoms with Crippen molar-refractivity contribution in [3.63, 3.8) is 0 Å². The van der Waals surface area contributed by atoms with Gasteiger partial charge in [0.15, 0.2) is 0 Å². The average Bonchev–Trinajstić information content (AvgIpc) is 2.95. The van der Waals surface area contributed by atoms with Crippen LogP contribution in [0.2, 0.25) is 0 Å². The highest BCUT2D eigenvalue weighted by Crippen LogP contribution is 2.37. The number of para-hydroxylation sites is 1. The first-order valence-electron chi connectivity index (χ1n) is 11.5. The van der Waals surface area contributed by atoms with Gasteiger partial charge in [0.25, 0.3) is 11.2 Å². The Bertz CT molecular complexity index is 1790. The molecule has 0 unspecified atom stereocenters. The molecule has 2 heterocycles. The van der Waals surface area contributed by atoms with Gasteiger partial charge in [-0.1, -0.05) is 36.4 Å². The molecule has 5 rings (SSSR count). The zero-order valence-electron chi connectivity index (χ0n) is 20.2. The van der Waals surface area contributed by atoms with Gasteiger partial charge in [0.2, 0.25) is 0 Å². The summed E-state index contributed by atoms with van der Waals surface area (Å²) < 4.78 is 12.4. The summed E-state index contributed by atoms with van der Waals surface area (Å²) in [6, 6.07) is 25.7. The molecule has 0 aliphatic heterocycles. The SMILES string of the molecule is COc1cc(-c2c(-n3ccc(OCc4ccc5ccccc5n4)cc3=O)cccc2[N+](=O)[O-])ccc1C#N. The first-order chi connectivity index (χ1) is 18.5. The summed E-state index contributed by atoms with van der Waals surface area (Å²) in [6.45, 7) is 0.168. The highest BCUT2D eigenvalue weighted by molar-refractivity contribution is 5.83. The lowest BCUT2D eigenvalue weighted by Crippen LogP contribution is -2.18. The van der Waals surface area contributed by atoms with Crippen LogP contribution < -0.4 is 15.0 Å². The van der Waals surface area contributed by atoms with E-state index in [0.717, 1.165) is 10.9 Å². The van der Waals surface area contributed by atoms with E-state index in [9.17, 15) is 20.2 Å². The van der Waals surface area contributed by atoms with Crippen LogP contribution in [0.1, 0.15) is 11.3 Å². The second-order valence-electron chi connectivity index (χ2n) is 8.31. The first-order valence-corrected chi connectivity index (χ1v) is 11.5. The van der Waals surface area contributed by atoms with Gasteiger partial charge in [-0.15, -0.1) is 0 Å². The number of methoxy groups -OCH3 is 1. The van der Waals surface area contributed by atoms with Crippen LogP contribution in [0, 0.1) is 21.4 Å². The predicted octanol–water partition coefficient (Wildman–Crippen LogP) is 5.42. The van der Waals surface area contributed by atoms with E-state index in [2.05, 4.69) is 4.98 Å². The van der Waals surface area contributed by atoms with Crippen LogP contribution in [0.3, 0.4) is 0 Å². The molecule has 0 atom stereocenters. The lowest BCUT2D eigenvalue weighted by molar-refractivity contribution is -0.384. The Morgan fingerprint density at radius 3 is 2.63 bits per heavy atom. The Labute approximate surface area is 216 Å². The summed E-state index contributed by atoms with van der Waals surface area (Å²) in [7, 11) is 1.41. The summed E-state index contributed by atoms with van der Waals surface area (Å²) in [4.78, 5) is 29.1. The Balaban J connectivity index is 1.50. The zero-order valence-corrected chi connectivity index (χ0v) is 20.2. The van der Waals surface area contributed by atoms with Crippen LogP contribution in [-0.4, -0.2) is 21.6 Å². The monoisotopic (exact) mass is 504 g/mol. The van der Waals surface area contributed by atoms with Gasteiger partial charge in [0, 0.05) is 23.7 Å². The predicted molar refractivity (Wildman–Crippen MR) is 141 cm³/mol. The molecular weight excluding hydrogens is 484 g/mol. The Morgan fingerprint density at radius 1 is 1.03 bits per heavy atom. The maximum atomic E-state index is 13.1. The molecule has 2 aromatic heterocycles. The molecule has 0 aliphatic carbocycles. The Hall–Kier alpha value is -5.49. The molecule has 0 N–H and O–H groups in total. The minimum Gasteiger partial charge on any atom is -0.495 e. The number of rotatable bonds is 7. The van der Waals surface area contributed by atoms with E-state index in [-0.39, 0.29) is 29.2 Å². The molecule has 186 valence electrons. The number of nitrogens with zero attached hydrogens (tertiary/aromatic N) is 4. The van der Waals surface area contributed by atoms with Gasteiger partial charge in [0.1, 0.15) is 24.2 Å². The molecule has 0 bridgehead atoms. The molecule has 38 heavy (non-hydrogen) atoms. The first kappa shape index (κ1) is 24.2. The zero-order chi connectivity index (χ0) is 26.6. The fraction of sp³-hybridized carbons (Fsp3) is 0.0690. The van der Waals surface area contributed by atoms with Gasteiger partial charge in [0.05, 0.1) is 40.1 Å². The minimum atomic E-state index is -0.511. The third-order valence-corrected chi connectivity index (χ3v) is 6.02. The van der Waals surface area contributed by atoms with E-state index < -0.39 is 10.5 Å². The highest BCUT2D eigenvalue weighted by Gasteiger charge is 2.22. The standard InChI is InChI=1S/C29H20N4O5/c1-37-27-15-20(9-10-21(27)17-30)29-25(7-4-8-26(29)33(35)36)32-14-13-23(16-28(32)34)38-18-22-12-11-19-5-2-3-6-24(19)31-22/h2-16H,18H2,1H3. The van der Waals surface area contributed by atoms with Crippen molar-refractivity contribution in [3.8, 4) is 34.4 Å². The van der Waals surface area contributed by atoms with Crippen LogP contribution in [0.4, 0.5) is 5.69 Å². The number of nitro groups is 1. The van der Waals surface area contributed by atoms with Gasteiger partial charge in [-0.3, -0.25) is 19.5 Å². The van der Waals surface area contributed by atoms with Gasteiger partial charge < -0.3 is 9.47 Å². The van der Waals surface area contributed by atoms with Crippen LogP contribution in [0.25, 0.3) is 27.7 Å². The topological polar surface area (TPSA) is 120 Å². The maximum absolute atomic E-state index is 13.1. The molecule has 0 saturated carbocycles. The van der Waals surface area contributed by atoms with E-state index in [4.69, 9.17) is 9.47 Å². The molecule has 0 aliphatic rings. The van der Waals surface area contributed by atoms with Crippen LogP contribution >= 0.6 is 0 Å². The van der Waals surface area contributed by atoms with Gasteiger partial charge in [-0.25, -0.2) is 4.98 Å². The fourth-order valence-corrected chi connectivity index (χ4v) is 4.21. The van der Waals surface area contributed by atoms with Crippen molar-refractivity contribution in [2.45, 2.75) is 6.61 Å². The van der Waals surface area contributed by atoms with E-state index >= 15 is 0 Å². The van der Waals surface area contributed by atoms with Gasteiger partial charge >= 0.3 is 0 Å². The molecule has 0 radical (unpaired) electrons. The third-order valence-electron chi connectivity index (χ3n) is 6.02. The molecule has 9 nitrogen and oxygen atoms in total.